The molecule has 10 heavy (non-hydrogen) atoms. The molecule has 0 bridgehead atoms. The second-order valence-electron chi connectivity index (χ2n) is 1.75. The standard InChI is InChI=1S/C4H6Cl3NO2/c5-4(6,7)2(8)1-3(9)10/h2H,1,8H2,(H,9,10)/t2-/m1/s1. The Morgan fingerprint density at radius 1 is 1.60 bits per heavy atom. The highest BCUT2D eigenvalue weighted by Gasteiger charge is 2.30. The first-order valence-electron chi connectivity index (χ1n) is 2.38. The summed E-state index contributed by atoms with van der Waals surface area (Å²) in [4.78, 5) is 10.0. The van der Waals surface area contributed by atoms with Crippen molar-refractivity contribution < 1.29 is 9.90 Å². The minimum Gasteiger partial charge on any atom is -0.481 e. The number of rotatable bonds is 2. The van der Waals surface area contributed by atoms with E-state index < -0.39 is 15.8 Å². The molecule has 0 unspecified atom stereocenters. The highest BCUT2D eigenvalue weighted by molar-refractivity contribution is 6.68. The van der Waals surface area contributed by atoms with E-state index in [0.717, 1.165) is 0 Å². The molecule has 0 aromatic carbocycles. The molecule has 0 aromatic rings. The predicted octanol–water partition coefficient (Wildman–Crippen LogP) is 1.16. The zero-order valence-corrected chi connectivity index (χ0v) is 7.12. The largest absolute Gasteiger partial charge is 0.481 e. The van der Waals surface area contributed by atoms with Crippen molar-refractivity contribution in [2.45, 2.75) is 16.3 Å². The van der Waals surface area contributed by atoms with Gasteiger partial charge in [-0.15, -0.1) is 0 Å². The summed E-state index contributed by atoms with van der Waals surface area (Å²) in [6, 6.07) is -0.963. The van der Waals surface area contributed by atoms with Gasteiger partial charge in [-0.05, 0) is 0 Å². The van der Waals surface area contributed by atoms with Crippen LogP contribution in [0, 0.1) is 0 Å². The van der Waals surface area contributed by atoms with Gasteiger partial charge in [0.15, 0.2) is 0 Å². The summed E-state index contributed by atoms with van der Waals surface area (Å²) in [5.74, 6) is -1.08. The first kappa shape index (κ1) is 10.3. The fourth-order valence-electron chi connectivity index (χ4n) is 0.304. The fourth-order valence-corrected chi connectivity index (χ4v) is 0.535. The van der Waals surface area contributed by atoms with Crippen LogP contribution in [0.15, 0.2) is 0 Å². The SMILES string of the molecule is N[C@H](CC(=O)O)C(Cl)(Cl)Cl. The number of halogens is 3. The Kier molecular flexibility index (Phi) is 3.73. The Balaban J connectivity index is 3.85. The smallest absolute Gasteiger partial charge is 0.305 e. The normalized spacial score (nSPS) is 14.8. The summed E-state index contributed by atoms with van der Waals surface area (Å²) in [6.45, 7) is 0. The van der Waals surface area contributed by atoms with E-state index in [0.29, 0.717) is 0 Å². The Labute approximate surface area is 73.0 Å². The molecule has 0 aliphatic carbocycles. The number of hydrogen-bond donors (Lipinski definition) is 2. The van der Waals surface area contributed by atoms with Gasteiger partial charge in [-0.1, -0.05) is 34.8 Å². The van der Waals surface area contributed by atoms with Gasteiger partial charge in [0.1, 0.15) is 0 Å². The van der Waals surface area contributed by atoms with Crippen LogP contribution in [0.2, 0.25) is 0 Å². The van der Waals surface area contributed by atoms with Crippen molar-refractivity contribution in [3.05, 3.63) is 0 Å². The van der Waals surface area contributed by atoms with E-state index in [1.165, 1.54) is 0 Å². The van der Waals surface area contributed by atoms with E-state index in [2.05, 4.69) is 0 Å². The van der Waals surface area contributed by atoms with Gasteiger partial charge in [0.25, 0.3) is 0 Å². The summed E-state index contributed by atoms with van der Waals surface area (Å²) < 4.78 is -1.70. The Hall–Kier alpha value is 0.300. The van der Waals surface area contributed by atoms with Crippen LogP contribution in [0.1, 0.15) is 6.42 Å². The van der Waals surface area contributed by atoms with E-state index in [9.17, 15) is 4.79 Å². The molecule has 0 fully saturated rings. The Morgan fingerprint density at radius 3 is 2.10 bits per heavy atom. The lowest BCUT2D eigenvalue weighted by molar-refractivity contribution is -0.137. The van der Waals surface area contributed by atoms with E-state index in [-0.39, 0.29) is 6.42 Å². The number of carbonyl (C=O) groups is 1. The first-order valence-corrected chi connectivity index (χ1v) is 3.51. The van der Waals surface area contributed by atoms with Gasteiger partial charge in [0, 0.05) is 0 Å². The van der Waals surface area contributed by atoms with Gasteiger partial charge >= 0.3 is 5.97 Å². The molecule has 0 saturated heterocycles. The van der Waals surface area contributed by atoms with Gasteiger partial charge in [-0.3, -0.25) is 4.79 Å². The fraction of sp³-hybridized carbons (Fsp3) is 0.750. The van der Waals surface area contributed by atoms with Crippen LogP contribution in [0.3, 0.4) is 0 Å². The number of alkyl halides is 3. The van der Waals surface area contributed by atoms with Crippen LogP contribution in [0.5, 0.6) is 0 Å². The molecule has 0 spiro atoms. The van der Waals surface area contributed by atoms with Crippen molar-refractivity contribution in [1.82, 2.24) is 0 Å². The molecule has 0 amide bonds. The topological polar surface area (TPSA) is 63.3 Å². The molecule has 6 heteroatoms. The van der Waals surface area contributed by atoms with Crippen LogP contribution in [-0.4, -0.2) is 20.9 Å². The minimum absolute atomic E-state index is 0.351. The molecule has 0 aliphatic heterocycles. The van der Waals surface area contributed by atoms with E-state index >= 15 is 0 Å². The molecule has 1 atom stereocenters. The monoisotopic (exact) mass is 205 g/mol. The summed E-state index contributed by atoms with van der Waals surface area (Å²) in [5, 5.41) is 8.19. The molecule has 0 rings (SSSR count). The molecule has 3 N–H and O–H groups in total. The summed E-state index contributed by atoms with van der Waals surface area (Å²) in [7, 11) is 0. The van der Waals surface area contributed by atoms with Gasteiger partial charge in [0.05, 0.1) is 12.5 Å². The summed E-state index contributed by atoms with van der Waals surface area (Å²) in [6.07, 6.45) is -0.351. The lowest BCUT2D eigenvalue weighted by Gasteiger charge is -2.17. The quantitative estimate of drug-likeness (QED) is 0.667. The molecular formula is C4H6Cl3NO2. The zero-order valence-electron chi connectivity index (χ0n) is 4.85. The van der Waals surface area contributed by atoms with Gasteiger partial charge in [-0.25, -0.2) is 0 Å². The highest BCUT2D eigenvalue weighted by atomic mass is 35.6. The van der Waals surface area contributed by atoms with Gasteiger partial charge < -0.3 is 10.8 Å². The molecular weight excluding hydrogens is 200 g/mol. The van der Waals surface area contributed by atoms with Crippen LogP contribution in [-0.2, 0) is 4.79 Å². The molecule has 0 aliphatic rings. The van der Waals surface area contributed by atoms with Crippen LogP contribution < -0.4 is 5.73 Å². The Morgan fingerprint density at radius 2 is 2.00 bits per heavy atom. The molecule has 60 valence electrons. The maximum atomic E-state index is 10.0. The average Bonchev–Trinajstić information content (AvgIpc) is 1.60. The van der Waals surface area contributed by atoms with Gasteiger partial charge in [-0.2, -0.15) is 0 Å². The minimum atomic E-state index is -1.70. The van der Waals surface area contributed by atoms with Crippen LogP contribution >= 0.6 is 34.8 Å². The number of carboxylic acids is 1. The molecule has 3 nitrogen and oxygen atoms in total. The number of nitrogens with two attached hydrogens (primary N) is 1. The van der Waals surface area contributed by atoms with E-state index in [1.54, 1.807) is 0 Å². The second-order valence-corrected chi connectivity index (χ2v) is 4.11. The zero-order chi connectivity index (χ0) is 8.36. The maximum absolute atomic E-state index is 10.0. The third-order valence-electron chi connectivity index (χ3n) is 0.815. The van der Waals surface area contributed by atoms with Crippen LogP contribution in [0.4, 0.5) is 0 Å². The van der Waals surface area contributed by atoms with Crippen LogP contribution in [0.25, 0.3) is 0 Å². The maximum Gasteiger partial charge on any atom is 0.305 e. The molecule has 0 aromatic heterocycles. The average molecular weight is 206 g/mol. The molecule has 0 saturated carbocycles. The van der Waals surface area contributed by atoms with E-state index in [1.807, 2.05) is 0 Å². The summed E-state index contributed by atoms with van der Waals surface area (Å²) >= 11 is 15.8. The third-order valence-corrected chi connectivity index (χ3v) is 1.66. The number of aliphatic carboxylic acids is 1. The molecule has 0 radical (unpaired) electrons. The first-order chi connectivity index (χ1) is 4.34. The second kappa shape index (κ2) is 3.62. The highest BCUT2D eigenvalue weighted by Crippen LogP contribution is 2.30. The third kappa shape index (κ3) is 4.17. The number of carboxylic acid groups (broad SMARTS) is 1. The predicted molar refractivity (Wildman–Crippen MR) is 40.5 cm³/mol. The lowest BCUT2D eigenvalue weighted by atomic mass is 10.2. The van der Waals surface area contributed by atoms with Crippen molar-refractivity contribution in [1.29, 1.82) is 0 Å². The lowest BCUT2D eigenvalue weighted by Crippen LogP contribution is -2.36. The van der Waals surface area contributed by atoms with Crippen molar-refractivity contribution in [2.24, 2.45) is 5.73 Å². The van der Waals surface area contributed by atoms with E-state index in [4.69, 9.17) is 45.6 Å². The molecule has 0 heterocycles. The van der Waals surface area contributed by atoms with Crippen molar-refractivity contribution >= 4 is 40.8 Å². The Bertz CT molecular complexity index is 133. The summed E-state index contributed by atoms with van der Waals surface area (Å²) in [5.41, 5.74) is 5.18. The number of hydrogen-bond acceptors (Lipinski definition) is 2. The van der Waals surface area contributed by atoms with Gasteiger partial charge in [0.2, 0.25) is 3.79 Å². The van der Waals surface area contributed by atoms with Crippen molar-refractivity contribution in [3.8, 4) is 0 Å². The van der Waals surface area contributed by atoms with Crippen molar-refractivity contribution in [2.75, 3.05) is 0 Å². The van der Waals surface area contributed by atoms with Crippen molar-refractivity contribution in [3.63, 3.8) is 0 Å².